The van der Waals surface area contributed by atoms with Crippen LogP contribution in [0.3, 0.4) is 0 Å². The molecule has 1 aromatic heterocycles. The van der Waals surface area contributed by atoms with Crippen molar-refractivity contribution in [2.24, 2.45) is 10.8 Å². The third-order valence-corrected chi connectivity index (χ3v) is 1.71. The van der Waals surface area contributed by atoms with Crippen molar-refractivity contribution in [3.05, 3.63) is 30.1 Å². The molecule has 0 aromatic carbocycles. The zero-order chi connectivity index (χ0) is 11.1. The molecule has 6 nitrogen and oxygen atoms in total. The van der Waals surface area contributed by atoms with Crippen LogP contribution in [-0.2, 0) is 0 Å². The first-order valence-electron chi connectivity index (χ1n) is 4.48. The average molecular weight is 210 g/mol. The van der Waals surface area contributed by atoms with Gasteiger partial charge in [0.25, 0.3) is 0 Å². The Morgan fingerprint density at radius 1 is 1.60 bits per heavy atom. The zero-order valence-corrected chi connectivity index (χ0v) is 8.11. The smallest absolute Gasteiger partial charge is 0.156 e. The van der Waals surface area contributed by atoms with E-state index in [-0.39, 0.29) is 6.61 Å². The van der Waals surface area contributed by atoms with E-state index in [0.717, 1.165) is 0 Å². The van der Waals surface area contributed by atoms with Crippen LogP contribution in [0.15, 0.2) is 29.5 Å². The van der Waals surface area contributed by atoms with Gasteiger partial charge in [-0.25, -0.2) is 0 Å². The minimum absolute atomic E-state index is 0.312. The second-order valence-corrected chi connectivity index (χ2v) is 2.93. The maximum absolute atomic E-state index is 9.27. The summed E-state index contributed by atoms with van der Waals surface area (Å²) in [4.78, 5) is 3.99. The van der Waals surface area contributed by atoms with Crippen LogP contribution in [0.1, 0.15) is 5.69 Å². The summed E-state index contributed by atoms with van der Waals surface area (Å²) in [5.74, 6) is 0. The predicted octanol–water partition coefficient (Wildman–Crippen LogP) is -1.36. The summed E-state index contributed by atoms with van der Waals surface area (Å²) in [5.41, 5.74) is 8.39. The largest absolute Gasteiger partial charge is 0.395 e. The minimum Gasteiger partial charge on any atom is -0.395 e. The molecular weight excluding hydrogens is 196 g/mol. The molecule has 0 radical (unpaired) electrons. The number of hydrogen-bond acceptors (Lipinski definition) is 6. The second-order valence-electron chi connectivity index (χ2n) is 2.93. The van der Waals surface area contributed by atoms with E-state index in [4.69, 9.17) is 10.8 Å². The number of nitrogens with one attached hydrogen (secondary N) is 1. The van der Waals surface area contributed by atoms with Crippen molar-refractivity contribution in [3.8, 4) is 0 Å². The second kappa shape index (κ2) is 6.07. The lowest BCUT2D eigenvalue weighted by Crippen LogP contribution is -2.45. The molecule has 0 amide bonds. The monoisotopic (exact) mass is 210 g/mol. The standard InChI is InChI=1S/C9H14N4O2/c10-8(6-14)9(15)13-12-5-7-3-1-2-4-11-7/h1-5,8-9,13-15H,6,10H2/b12-5+/t8-,9?/m0/s1. The first kappa shape index (κ1) is 11.6. The summed E-state index contributed by atoms with van der Waals surface area (Å²) in [7, 11) is 0. The third kappa shape index (κ3) is 4.03. The van der Waals surface area contributed by atoms with E-state index in [1.165, 1.54) is 6.21 Å². The molecule has 1 rings (SSSR count). The molecule has 0 fully saturated rings. The molecule has 1 heterocycles. The topological polar surface area (TPSA) is 104 Å². The average Bonchev–Trinajstić information content (AvgIpc) is 2.29. The number of pyridine rings is 1. The van der Waals surface area contributed by atoms with E-state index >= 15 is 0 Å². The third-order valence-electron chi connectivity index (χ3n) is 1.71. The molecule has 0 saturated heterocycles. The van der Waals surface area contributed by atoms with Crippen molar-refractivity contribution in [3.63, 3.8) is 0 Å². The Balaban J connectivity index is 2.40. The number of aliphatic hydroxyl groups excluding tert-OH is 2. The summed E-state index contributed by atoms with van der Waals surface area (Å²) in [5, 5.41) is 21.6. The first-order chi connectivity index (χ1) is 7.24. The molecule has 1 aromatic rings. The number of nitrogens with two attached hydrogens (primary N) is 1. The normalized spacial score (nSPS) is 15.1. The van der Waals surface area contributed by atoms with Crippen LogP contribution in [0.5, 0.6) is 0 Å². The molecule has 5 N–H and O–H groups in total. The van der Waals surface area contributed by atoms with Crippen molar-refractivity contribution in [2.75, 3.05) is 6.61 Å². The van der Waals surface area contributed by atoms with Crippen LogP contribution in [0.25, 0.3) is 0 Å². The quantitative estimate of drug-likeness (QED) is 0.273. The SMILES string of the molecule is N[C@@H](CO)C(O)N/N=C/c1ccccn1. The van der Waals surface area contributed by atoms with Gasteiger partial charge < -0.3 is 15.9 Å². The lowest BCUT2D eigenvalue weighted by Gasteiger charge is -2.15. The molecule has 0 aliphatic carbocycles. The zero-order valence-electron chi connectivity index (χ0n) is 8.11. The molecule has 82 valence electrons. The van der Waals surface area contributed by atoms with Gasteiger partial charge in [0.1, 0.15) is 0 Å². The Kier molecular flexibility index (Phi) is 4.69. The highest BCUT2D eigenvalue weighted by Gasteiger charge is 2.10. The van der Waals surface area contributed by atoms with Gasteiger partial charge in [0.05, 0.1) is 24.6 Å². The first-order valence-corrected chi connectivity index (χ1v) is 4.48. The van der Waals surface area contributed by atoms with Gasteiger partial charge in [-0.2, -0.15) is 5.10 Å². The van der Waals surface area contributed by atoms with E-state index < -0.39 is 12.3 Å². The summed E-state index contributed by atoms with van der Waals surface area (Å²) in [6.07, 6.45) is 2.01. The van der Waals surface area contributed by atoms with Crippen molar-refractivity contribution < 1.29 is 10.2 Å². The van der Waals surface area contributed by atoms with Crippen LogP contribution in [0.4, 0.5) is 0 Å². The van der Waals surface area contributed by atoms with Gasteiger partial charge in [-0.1, -0.05) is 6.07 Å². The fourth-order valence-corrected chi connectivity index (χ4v) is 0.828. The minimum atomic E-state index is -1.07. The van der Waals surface area contributed by atoms with Gasteiger partial charge in [0.2, 0.25) is 0 Å². The van der Waals surface area contributed by atoms with Gasteiger partial charge in [-0.15, -0.1) is 0 Å². The van der Waals surface area contributed by atoms with E-state index in [9.17, 15) is 5.11 Å². The number of aliphatic hydroxyl groups is 2. The maximum Gasteiger partial charge on any atom is 0.156 e. The molecule has 0 bridgehead atoms. The van der Waals surface area contributed by atoms with Crippen molar-refractivity contribution in [2.45, 2.75) is 12.3 Å². The van der Waals surface area contributed by atoms with Crippen LogP contribution in [-0.4, -0.2) is 40.3 Å². The Labute approximate surface area is 87.5 Å². The Hall–Kier alpha value is -1.50. The molecule has 6 heteroatoms. The molecule has 0 saturated carbocycles. The van der Waals surface area contributed by atoms with E-state index in [1.54, 1.807) is 18.3 Å². The number of hydrazone groups is 1. The van der Waals surface area contributed by atoms with Gasteiger partial charge >= 0.3 is 0 Å². The summed E-state index contributed by atoms with van der Waals surface area (Å²) in [6.45, 7) is -0.312. The maximum atomic E-state index is 9.27. The summed E-state index contributed by atoms with van der Waals surface area (Å²) in [6, 6.07) is 4.63. The van der Waals surface area contributed by atoms with Gasteiger partial charge in [0.15, 0.2) is 6.23 Å². The molecular formula is C9H14N4O2. The van der Waals surface area contributed by atoms with E-state index in [1.807, 2.05) is 6.07 Å². The fourth-order valence-electron chi connectivity index (χ4n) is 0.828. The summed E-state index contributed by atoms with van der Waals surface area (Å²) < 4.78 is 0. The number of rotatable bonds is 5. The highest BCUT2D eigenvalue weighted by Crippen LogP contribution is 1.88. The lowest BCUT2D eigenvalue weighted by atomic mass is 10.3. The highest BCUT2D eigenvalue weighted by molar-refractivity contribution is 5.76. The molecule has 1 unspecified atom stereocenters. The van der Waals surface area contributed by atoms with E-state index in [2.05, 4.69) is 15.5 Å². The van der Waals surface area contributed by atoms with Crippen LogP contribution in [0, 0.1) is 0 Å². The van der Waals surface area contributed by atoms with Crippen molar-refractivity contribution >= 4 is 6.21 Å². The lowest BCUT2D eigenvalue weighted by molar-refractivity contribution is 0.0820. The molecule has 15 heavy (non-hydrogen) atoms. The molecule has 0 aliphatic rings. The van der Waals surface area contributed by atoms with Crippen LogP contribution < -0.4 is 11.2 Å². The van der Waals surface area contributed by atoms with Crippen molar-refractivity contribution in [1.82, 2.24) is 10.4 Å². The number of aromatic nitrogens is 1. The molecule has 2 atom stereocenters. The van der Waals surface area contributed by atoms with E-state index in [0.29, 0.717) is 5.69 Å². The highest BCUT2D eigenvalue weighted by atomic mass is 16.3. The Morgan fingerprint density at radius 2 is 2.40 bits per heavy atom. The van der Waals surface area contributed by atoms with Crippen LogP contribution >= 0.6 is 0 Å². The fraction of sp³-hybridized carbons (Fsp3) is 0.333. The molecule has 0 aliphatic heterocycles. The van der Waals surface area contributed by atoms with Crippen LogP contribution in [0.2, 0.25) is 0 Å². The summed E-state index contributed by atoms with van der Waals surface area (Å²) >= 11 is 0. The number of hydrogen-bond donors (Lipinski definition) is 4. The number of nitrogens with zero attached hydrogens (tertiary/aromatic N) is 2. The molecule has 0 spiro atoms. The Bertz CT molecular complexity index is 304. The predicted molar refractivity (Wildman–Crippen MR) is 56.0 cm³/mol. The van der Waals surface area contributed by atoms with Gasteiger partial charge in [0, 0.05) is 6.20 Å². The van der Waals surface area contributed by atoms with Gasteiger partial charge in [-0.05, 0) is 12.1 Å². The Morgan fingerprint density at radius 3 is 3.00 bits per heavy atom. The van der Waals surface area contributed by atoms with Crippen molar-refractivity contribution in [1.29, 1.82) is 0 Å². The van der Waals surface area contributed by atoms with Gasteiger partial charge in [-0.3, -0.25) is 10.4 Å².